The summed E-state index contributed by atoms with van der Waals surface area (Å²) in [7, 11) is 0. The number of aromatic nitrogens is 2. The normalized spacial score (nSPS) is 9.67. The van der Waals surface area contributed by atoms with E-state index in [-0.39, 0.29) is 6.54 Å². The Hall–Kier alpha value is -1.85. The van der Waals surface area contributed by atoms with Gasteiger partial charge in [-0.1, -0.05) is 0 Å². The van der Waals surface area contributed by atoms with Gasteiger partial charge >= 0.3 is 5.97 Å². The van der Waals surface area contributed by atoms with Gasteiger partial charge in [0, 0.05) is 0 Å². The molecular formula is C6H6N2O4. The summed E-state index contributed by atoms with van der Waals surface area (Å²) >= 11 is 0. The molecule has 0 aromatic carbocycles. The Kier molecular flexibility index (Phi) is 2.09. The van der Waals surface area contributed by atoms with Gasteiger partial charge < -0.3 is 15.0 Å². The standard InChI is InChI=1S/C6H6N2O4/c9-5(10)3-7-1-2-8(4-7)6(11)12/h1-2,4H,3H2,(H-,9,10,11,12). The predicted octanol–water partition coefficient (Wildman–Crippen LogP) is -1.95. The van der Waals surface area contributed by atoms with Crippen LogP contribution in [-0.4, -0.2) is 21.7 Å². The molecule has 1 rings (SSSR count). The zero-order chi connectivity index (χ0) is 9.14. The molecule has 6 nitrogen and oxygen atoms in total. The number of aliphatic carboxylic acids is 1. The number of hydrogen-bond acceptors (Lipinski definition) is 3. The van der Waals surface area contributed by atoms with Gasteiger partial charge in [-0.15, -0.1) is 0 Å². The highest BCUT2D eigenvalue weighted by molar-refractivity contribution is 5.65. The summed E-state index contributed by atoms with van der Waals surface area (Å²) in [4.78, 5) is 20.3. The molecule has 1 N–H and O–H groups in total. The van der Waals surface area contributed by atoms with E-state index >= 15 is 0 Å². The van der Waals surface area contributed by atoms with E-state index in [1.807, 2.05) is 0 Å². The highest BCUT2D eigenvalue weighted by Crippen LogP contribution is 1.80. The average molecular weight is 170 g/mol. The number of carboxylic acids is 1. The van der Waals surface area contributed by atoms with Crippen molar-refractivity contribution in [2.75, 3.05) is 0 Å². The Morgan fingerprint density at radius 3 is 2.67 bits per heavy atom. The molecule has 1 heterocycles. The summed E-state index contributed by atoms with van der Waals surface area (Å²) in [5.74, 6) is -1.03. The number of hydrogen-bond donors (Lipinski definition) is 1. The Labute approximate surface area is 67.3 Å². The van der Waals surface area contributed by atoms with Crippen molar-refractivity contribution in [3.8, 4) is 0 Å². The molecule has 0 aliphatic heterocycles. The van der Waals surface area contributed by atoms with Gasteiger partial charge in [-0.25, -0.2) is 9.36 Å². The number of carboxylic acid groups (broad SMARTS) is 2. The van der Waals surface area contributed by atoms with E-state index in [1.54, 1.807) is 0 Å². The highest BCUT2D eigenvalue weighted by atomic mass is 16.4. The maximum absolute atomic E-state index is 10.2. The van der Waals surface area contributed by atoms with E-state index in [2.05, 4.69) is 0 Å². The van der Waals surface area contributed by atoms with Crippen molar-refractivity contribution < 1.29 is 24.4 Å². The van der Waals surface area contributed by atoms with Crippen molar-refractivity contribution in [3.63, 3.8) is 0 Å². The zero-order valence-electron chi connectivity index (χ0n) is 6.01. The number of nitrogens with zero attached hydrogens (tertiary/aromatic N) is 2. The first-order chi connectivity index (χ1) is 5.59. The first-order valence-electron chi connectivity index (χ1n) is 3.10. The van der Waals surface area contributed by atoms with Gasteiger partial charge in [0.05, 0.1) is 0 Å². The molecule has 0 spiro atoms. The number of rotatable bonds is 2. The van der Waals surface area contributed by atoms with E-state index in [1.165, 1.54) is 17.0 Å². The van der Waals surface area contributed by atoms with E-state index in [0.29, 0.717) is 0 Å². The van der Waals surface area contributed by atoms with Gasteiger partial charge in [0.15, 0.2) is 6.54 Å². The summed E-state index contributed by atoms with van der Waals surface area (Å²) in [6.45, 7) is -0.264. The minimum atomic E-state index is -1.39. The molecule has 0 unspecified atom stereocenters. The minimum absolute atomic E-state index is 0.264. The topological polar surface area (TPSA) is 86.2 Å². The smallest absolute Gasteiger partial charge is 0.346 e. The third-order valence-electron chi connectivity index (χ3n) is 1.22. The first kappa shape index (κ1) is 8.25. The van der Waals surface area contributed by atoms with Crippen LogP contribution >= 0.6 is 0 Å². The lowest BCUT2D eigenvalue weighted by molar-refractivity contribution is -0.685. The van der Waals surface area contributed by atoms with E-state index < -0.39 is 12.1 Å². The van der Waals surface area contributed by atoms with Gasteiger partial charge in [-0.2, -0.15) is 4.57 Å². The molecule has 1 aromatic heterocycles. The minimum Gasteiger partial charge on any atom is -0.510 e. The maximum atomic E-state index is 10.2. The van der Waals surface area contributed by atoms with Gasteiger partial charge in [0.1, 0.15) is 12.4 Å². The van der Waals surface area contributed by atoms with Crippen LogP contribution in [0.25, 0.3) is 0 Å². The molecule has 0 aliphatic carbocycles. The summed E-state index contributed by atoms with van der Waals surface area (Å²) in [6.07, 6.45) is 2.28. The van der Waals surface area contributed by atoms with Gasteiger partial charge in [0.2, 0.25) is 6.09 Å². The van der Waals surface area contributed by atoms with Crippen molar-refractivity contribution >= 4 is 12.1 Å². The summed E-state index contributed by atoms with van der Waals surface area (Å²) in [5.41, 5.74) is 0. The van der Waals surface area contributed by atoms with E-state index in [0.717, 1.165) is 10.9 Å². The van der Waals surface area contributed by atoms with Gasteiger partial charge in [0.25, 0.3) is 6.33 Å². The lowest BCUT2D eigenvalue weighted by Gasteiger charge is -1.91. The third kappa shape index (κ3) is 1.82. The van der Waals surface area contributed by atoms with Crippen molar-refractivity contribution in [1.82, 2.24) is 4.57 Å². The van der Waals surface area contributed by atoms with Crippen LogP contribution in [0.15, 0.2) is 18.7 Å². The van der Waals surface area contributed by atoms with Crippen LogP contribution in [0, 0.1) is 0 Å². The molecule has 0 bridgehead atoms. The fraction of sp³-hybridized carbons (Fsp3) is 0.167. The Morgan fingerprint density at radius 1 is 1.58 bits per heavy atom. The molecule has 6 heteroatoms. The number of imidazole rings is 1. The SMILES string of the molecule is O=C(O)C[n+]1ccn(C(=O)[O-])c1. The molecular weight excluding hydrogens is 164 g/mol. The fourth-order valence-electron chi connectivity index (χ4n) is 0.752. The Balaban J connectivity index is 2.77. The van der Waals surface area contributed by atoms with Crippen molar-refractivity contribution in [2.45, 2.75) is 6.54 Å². The molecule has 0 amide bonds. The number of carbonyl (C=O) groups is 2. The molecule has 1 aromatic rings. The fourth-order valence-corrected chi connectivity index (χ4v) is 0.752. The molecule has 0 radical (unpaired) electrons. The first-order valence-corrected chi connectivity index (χ1v) is 3.10. The molecule has 64 valence electrons. The van der Waals surface area contributed by atoms with Crippen LogP contribution in [0.3, 0.4) is 0 Å². The molecule has 0 saturated heterocycles. The molecule has 0 fully saturated rings. The van der Waals surface area contributed by atoms with E-state index in [9.17, 15) is 14.7 Å². The second kappa shape index (κ2) is 3.04. The van der Waals surface area contributed by atoms with Gasteiger partial charge in [-0.3, -0.25) is 0 Å². The Morgan fingerprint density at radius 2 is 2.25 bits per heavy atom. The molecule has 0 saturated carbocycles. The largest absolute Gasteiger partial charge is 0.510 e. The summed E-state index contributed by atoms with van der Waals surface area (Å²) in [5, 5.41) is 18.5. The zero-order valence-corrected chi connectivity index (χ0v) is 6.01. The van der Waals surface area contributed by atoms with Crippen LogP contribution in [0.4, 0.5) is 4.79 Å². The van der Waals surface area contributed by atoms with Gasteiger partial charge in [-0.05, 0) is 0 Å². The molecule has 0 aliphatic rings. The monoisotopic (exact) mass is 170 g/mol. The predicted molar refractivity (Wildman–Crippen MR) is 33.1 cm³/mol. The van der Waals surface area contributed by atoms with Crippen LogP contribution in [0.1, 0.15) is 0 Å². The van der Waals surface area contributed by atoms with Crippen LogP contribution in [-0.2, 0) is 11.3 Å². The van der Waals surface area contributed by atoms with Crippen LogP contribution < -0.4 is 9.67 Å². The maximum Gasteiger partial charge on any atom is 0.346 e. The van der Waals surface area contributed by atoms with Crippen molar-refractivity contribution in [1.29, 1.82) is 0 Å². The lowest BCUT2D eigenvalue weighted by atomic mass is 10.6. The second-order valence-corrected chi connectivity index (χ2v) is 2.15. The summed E-state index contributed by atoms with van der Waals surface area (Å²) in [6, 6.07) is 0. The van der Waals surface area contributed by atoms with Crippen molar-refractivity contribution in [3.05, 3.63) is 18.7 Å². The number of carbonyl (C=O) groups excluding carboxylic acids is 1. The third-order valence-corrected chi connectivity index (χ3v) is 1.22. The quantitative estimate of drug-likeness (QED) is 0.523. The average Bonchev–Trinajstić information content (AvgIpc) is 2.34. The molecule has 12 heavy (non-hydrogen) atoms. The lowest BCUT2D eigenvalue weighted by Crippen LogP contribution is -2.37. The van der Waals surface area contributed by atoms with Crippen LogP contribution in [0.2, 0.25) is 0 Å². The highest BCUT2D eigenvalue weighted by Gasteiger charge is 2.07. The molecule has 0 atom stereocenters. The second-order valence-electron chi connectivity index (χ2n) is 2.15. The summed E-state index contributed by atoms with van der Waals surface area (Å²) < 4.78 is 1.99. The Bertz CT molecular complexity index is 317. The van der Waals surface area contributed by atoms with Crippen LogP contribution in [0.5, 0.6) is 0 Å². The van der Waals surface area contributed by atoms with E-state index in [4.69, 9.17) is 5.11 Å². The van der Waals surface area contributed by atoms with Crippen molar-refractivity contribution in [2.24, 2.45) is 0 Å².